The second-order valence-electron chi connectivity index (χ2n) is 5.52. The van der Waals surface area contributed by atoms with E-state index < -0.39 is 0 Å². The van der Waals surface area contributed by atoms with Gasteiger partial charge in [0, 0.05) is 24.2 Å². The number of hydrogen-bond donors (Lipinski definition) is 2. The van der Waals surface area contributed by atoms with Gasteiger partial charge in [-0.1, -0.05) is 0 Å². The van der Waals surface area contributed by atoms with Crippen LogP contribution in [0.4, 0.5) is 0 Å². The van der Waals surface area contributed by atoms with Gasteiger partial charge in [-0.3, -0.25) is 9.59 Å². The second-order valence-corrected chi connectivity index (χ2v) is 5.52. The first-order valence-corrected chi connectivity index (χ1v) is 7.98. The van der Waals surface area contributed by atoms with E-state index in [9.17, 15) is 9.59 Å². The van der Waals surface area contributed by atoms with E-state index in [0.717, 1.165) is 0 Å². The Hall–Kier alpha value is -2.93. The van der Waals surface area contributed by atoms with Crippen LogP contribution in [0.2, 0.25) is 0 Å². The molecule has 3 rings (SSSR count). The van der Waals surface area contributed by atoms with Crippen molar-refractivity contribution in [3.8, 4) is 11.5 Å². The number of hydrogen-bond acceptors (Lipinski definition) is 5. The number of aliphatic hydroxyl groups is 1. The van der Waals surface area contributed by atoms with Crippen molar-refractivity contribution in [2.45, 2.75) is 6.54 Å². The number of carbonyl (C=O) groups is 2. The van der Waals surface area contributed by atoms with E-state index in [0.29, 0.717) is 35.8 Å². The number of ketones is 1. The lowest BCUT2D eigenvalue weighted by molar-refractivity contribution is -0.683. The molecular formula is C18H19N2O5+. The van der Waals surface area contributed by atoms with E-state index in [-0.39, 0.29) is 31.4 Å². The lowest BCUT2D eigenvalue weighted by Gasteiger charge is -2.18. The van der Waals surface area contributed by atoms with Gasteiger partial charge < -0.3 is 19.9 Å². The summed E-state index contributed by atoms with van der Waals surface area (Å²) in [5.41, 5.74) is 1.01. The zero-order valence-corrected chi connectivity index (χ0v) is 13.6. The Morgan fingerprint density at radius 3 is 2.48 bits per heavy atom. The molecule has 1 aliphatic heterocycles. The summed E-state index contributed by atoms with van der Waals surface area (Å²) in [6, 6.07) is 8.40. The quantitative estimate of drug-likeness (QED) is 0.584. The molecule has 0 fully saturated rings. The summed E-state index contributed by atoms with van der Waals surface area (Å²) in [4.78, 5) is 24.2. The molecule has 1 amide bonds. The molecule has 2 heterocycles. The fourth-order valence-electron chi connectivity index (χ4n) is 2.46. The Bertz CT molecular complexity index is 774. The molecule has 0 radical (unpaired) electrons. The third-order valence-electron chi connectivity index (χ3n) is 3.74. The standard InChI is InChI=1S/C18H18N2O5/c21-8-5-19-18(23)13-3-6-20(7-4-13)12-15(22)14-1-2-16-17(11-14)25-10-9-24-16/h1-4,6-7,11,21H,5,8-10,12H2/p+1. The van der Waals surface area contributed by atoms with E-state index in [1.54, 1.807) is 47.3 Å². The number of nitrogens with zero attached hydrogens (tertiary/aromatic N) is 1. The lowest BCUT2D eigenvalue weighted by atomic mass is 10.1. The number of fused-ring (bicyclic) bond motifs is 1. The topological polar surface area (TPSA) is 88.7 Å². The fraction of sp³-hybridized carbons (Fsp3) is 0.278. The zero-order chi connectivity index (χ0) is 17.6. The van der Waals surface area contributed by atoms with Crippen molar-refractivity contribution in [2.75, 3.05) is 26.4 Å². The van der Waals surface area contributed by atoms with Crippen LogP contribution in [0.15, 0.2) is 42.7 Å². The number of Topliss-reactive ketones (excluding diaryl/α,β-unsaturated/α-hetero) is 1. The normalized spacial score (nSPS) is 12.5. The average molecular weight is 343 g/mol. The second kappa shape index (κ2) is 7.76. The number of pyridine rings is 1. The first-order valence-electron chi connectivity index (χ1n) is 7.98. The van der Waals surface area contributed by atoms with Crippen LogP contribution in [0.1, 0.15) is 20.7 Å². The highest BCUT2D eigenvalue weighted by Crippen LogP contribution is 2.30. The molecule has 1 aromatic carbocycles. The van der Waals surface area contributed by atoms with E-state index in [2.05, 4.69) is 5.32 Å². The van der Waals surface area contributed by atoms with Gasteiger partial charge in [0.25, 0.3) is 5.91 Å². The summed E-state index contributed by atoms with van der Waals surface area (Å²) in [7, 11) is 0. The Kier molecular flexibility index (Phi) is 5.25. The van der Waals surface area contributed by atoms with Gasteiger partial charge in [0.05, 0.1) is 12.2 Å². The van der Waals surface area contributed by atoms with Crippen molar-refractivity contribution >= 4 is 11.7 Å². The number of amides is 1. The molecule has 0 aliphatic carbocycles. The van der Waals surface area contributed by atoms with Crippen LogP contribution >= 0.6 is 0 Å². The minimum atomic E-state index is -0.264. The lowest BCUT2D eigenvalue weighted by Crippen LogP contribution is -2.38. The fourth-order valence-corrected chi connectivity index (χ4v) is 2.46. The maximum atomic E-state index is 12.4. The molecule has 0 atom stereocenters. The van der Waals surface area contributed by atoms with Gasteiger partial charge >= 0.3 is 0 Å². The Balaban J connectivity index is 1.65. The largest absolute Gasteiger partial charge is 0.486 e. The van der Waals surface area contributed by atoms with Gasteiger partial charge in [0.15, 0.2) is 23.9 Å². The van der Waals surface area contributed by atoms with Crippen LogP contribution in [0.25, 0.3) is 0 Å². The van der Waals surface area contributed by atoms with Gasteiger partial charge in [-0.25, -0.2) is 0 Å². The van der Waals surface area contributed by atoms with E-state index in [4.69, 9.17) is 14.6 Å². The van der Waals surface area contributed by atoms with Gasteiger partial charge in [-0.15, -0.1) is 0 Å². The molecule has 25 heavy (non-hydrogen) atoms. The van der Waals surface area contributed by atoms with Crippen LogP contribution in [0.5, 0.6) is 11.5 Å². The van der Waals surface area contributed by atoms with Crippen molar-refractivity contribution in [3.63, 3.8) is 0 Å². The summed E-state index contributed by atoms with van der Waals surface area (Å²) in [5, 5.41) is 11.3. The van der Waals surface area contributed by atoms with Crippen LogP contribution in [0.3, 0.4) is 0 Å². The van der Waals surface area contributed by atoms with Crippen LogP contribution in [0, 0.1) is 0 Å². The monoisotopic (exact) mass is 343 g/mol. The SMILES string of the molecule is O=C(C[n+]1ccc(C(=O)NCCO)cc1)c1ccc2c(c1)OCCO2. The Morgan fingerprint density at radius 1 is 1.04 bits per heavy atom. The van der Waals surface area contributed by atoms with Crippen LogP contribution in [-0.2, 0) is 6.54 Å². The van der Waals surface area contributed by atoms with Gasteiger partial charge in [0.2, 0.25) is 12.3 Å². The third kappa shape index (κ3) is 4.13. The van der Waals surface area contributed by atoms with Gasteiger partial charge in [0.1, 0.15) is 13.2 Å². The molecule has 0 spiro atoms. The Morgan fingerprint density at radius 2 is 1.76 bits per heavy atom. The highest BCUT2D eigenvalue weighted by Gasteiger charge is 2.18. The molecule has 1 aliphatic rings. The zero-order valence-electron chi connectivity index (χ0n) is 13.6. The van der Waals surface area contributed by atoms with E-state index in [1.807, 2.05) is 0 Å². The first-order chi connectivity index (χ1) is 12.2. The summed E-state index contributed by atoms with van der Waals surface area (Å²) >= 11 is 0. The predicted octanol–water partition coefficient (Wildman–Crippen LogP) is 0.350. The maximum Gasteiger partial charge on any atom is 0.251 e. The predicted molar refractivity (Wildman–Crippen MR) is 87.8 cm³/mol. The first kappa shape index (κ1) is 16.9. The summed E-state index contributed by atoms with van der Waals surface area (Å²) in [5.74, 6) is 0.894. The third-order valence-corrected chi connectivity index (χ3v) is 3.74. The Labute approximate surface area is 144 Å². The van der Waals surface area contributed by atoms with E-state index in [1.165, 1.54) is 0 Å². The molecule has 0 saturated heterocycles. The summed E-state index contributed by atoms with van der Waals surface area (Å²) in [6.45, 7) is 1.23. The molecule has 130 valence electrons. The smallest absolute Gasteiger partial charge is 0.251 e. The maximum absolute atomic E-state index is 12.4. The van der Waals surface area contributed by atoms with Crippen molar-refractivity contribution in [3.05, 3.63) is 53.9 Å². The minimum Gasteiger partial charge on any atom is -0.486 e. The molecule has 2 aromatic rings. The van der Waals surface area contributed by atoms with E-state index >= 15 is 0 Å². The minimum absolute atomic E-state index is 0.0699. The molecule has 1 aromatic heterocycles. The molecule has 2 N–H and O–H groups in total. The number of nitrogens with one attached hydrogen (secondary N) is 1. The van der Waals surface area contributed by atoms with Gasteiger partial charge in [-0.05, 0) is 18.2 Å². The molecule has 0 bridgehead atoms. The molecule has 7 heteroatoms. The molecule has 0 saturated carbocycles. The van der Waals surface area contributed by atoms with Crippen LogP contribution in [-0.4, -0.2) is 43.2 Å². The summed E-state index contributed by atoms with van der Waals surface area (Å²) < 4.78 is 12.6. The summed E-state index contributed by atoms with van der Waals surface area (Å²) in [6.07, 6.45) is 3.34. The number of ether oxygens (including phenoxy) is 2. The highest BCUT2D eigenvalue weighted by atomic mass is 16.6. The number of aromatic nitrogens is 1. The molecular weight excluding hydrogens is 324 g/mol. The highest BCUT2D eigenvalue weighted by molar-refractivity contribution is 5.96. The van der Waals surface area contributed by atoms with Crippen molar-refractivity contribution in [1.29, 1.82) is 0 Å². The van der Waals surface area contributed by atoms with Crippen molar-refractivity contribution in [1.82, 2.24) is 5.32 Å². The van der Waals surface area contributed by atoms with Gasteiger partial charge in [-0.2, -0.15) is 4.57 Å². The number of carbonyl (C=O) groups excluding carboxylic acids is 2. The molecule has 7 nitrogen and oxygen atoms in total. The van der Waals surface area contributed by atoms with Crippen LogP contribution < -0.4 is 19.4 Å². The number of rotatable bonds is 6. The van der Waals surface area contributed by atoms with Crippen molar-refractivity contribution < 1.29 is 28.7 Å². The number of benzene rings is 1. The average Bonchev–Trinajstić information content (AvgIpc) is 2.66. The molecule has 0 unspecified atom stereocenters. The van der Waals surface area contributed by atoms with Crippen molar-refractivity contribution in [2.24, 2.45) is 0 Å². The number of aliphatic hydroxyl groups excluding tert-OH is 1.